The van der Waals surface area contributed by atoms with Gasteiger partial charge in [-0.2, -0.15) is 0 Å². The second-order valence-electron chi connectivity index (χ2n) is 12.5. The van der Waals surface area contributed by atoms with Gasteiger partial charge < -0.3 is 15.3 Å². The summed E-state index contributed by atoms with van der Waals surface area (Å²) < 4.78 is 0. The molecular formula is C28H46O3. The monoisotopic (exact) mass is 430 g/mol. The number of hydrogen-bond acceptors (Lipinski definition) is 3. The van der Waals surface area contributed by atoms with Crippen LogP contribution in [0.3, 0.4) is 0 Å². The van der Waals surface area contributed by atoms with Gasteiger partial charge in [0.05, 0.1) is 6.10 Å². The van der Waals surface area contributed by atoms with Crippen LogP contribution in [-0.2, 0) is 0 Å². The van der Waals surface area contributed by atoms with Crippen LogP contribution in [-0.4, -0.2) is 33.1 Å². The summed E-state index contributed by atoms with van der Waals surface area (Å²) in [5.41, 5.74) is 0.160. The zero-order valence-electron chi connectivity index (χ0n) is 20.6. The third kappa shape index (κ3) is 3.49. The van der Waals surface area contributed by atoms with Gasteiger partial charge in [0.2, 0.25) is 0 Å². The van der Waals surface area contributed by atoms with Gasteiger partial charge >= 0.3 is 0 Å². The first-order valence-corrected chi connectivity index (χ1v) is 12.9. The van der Waals surface area contributed by atoms with E-state index in [1.54, 1.807) is 0 Å². The fourth-order valence-electron chi connectivity index (χ4n) is 8.16. The van der Waals surface area contributed by atoms with Gasteiger partial charge in [0.15, 0.2) is 0 Å². The minimum Gasteiger partial charge on any atom is -0.393 e. The quantitative estimate of drug-likeness (QED) is 0.516. The fourth-order valence-corrected chi connectivity index (χ4v) is 8.16. The van der Waals surface area contributed by atoms with Gasteiger partial charge in [-0.1, -0.05) is 65.3 Å². The van der Waals surface area contributed by atoms with E-state index in [0.717, 1.165) is 19.3 Å². The summed E-state index contributed by atoms with van der Waals surface area (Å²) in [6, 6.07) is 0. The number of hydrogen-bond donors (Lipinski definition) is 3. The van der Waals surface area contributed by atoms with E-state index in [1.165, 1.54) is 24.8 Å². The summed E-state index contributed by atoms with van der Waals surface area (Å²) in [7, 11) is 0. The van der Waals surface area contributed by atoms with E-state index < -0.39 is 17.8 Å². The average Bonchev–Trinajstić information content (AvgIpc) is 3.05. The SMILES string of the molecule is CC(C)C(C)/C=C/[C@@H](C)C1CCC2C3=C[C@H](O)[C@@]4(O)C[C@@H](O)CC[C@]4(C)C3CC[C@@]21C. The molecule has 0 aromatic carbocycles. The molecule has 10 atom stereocenters. The van der Waals surface area contributed by atoms with Crippen molar-refractivity contribution >= 4 is 0 Å². The van der Waals surface area contributed by atoms with Crippen LogP contribution in [0.25, 0.3) is 0 Å². The number of rotatable bonds is 4. The maximum absolute atomic E-state index is 11.6. The Kier molecular flexibility index (Phi) is 6.06. The Morgan fingerprint density at radius 2 is 1.65 bits per heavy atom. The predicted octanol–water partition coefficient (Wildman–Crippen LogP) is 5.50. The van der Waals surface area contributed by atoms with Crippen molar-refractivity contribution < 1.29 is 15.3 Å². The van der Waals surface area contributed by atoms with Crippen molar-refractivity contribution in [3.63, 3.8) is 0 Å². The largest absolute Gasteiger partial charge is 0.393 e. The molecule has 4 unspecified atom stereocenters. The maximum Gasteiger partial charge on any atom is 0.102 e. The standard InChI is InChI=1S/C28H46O3/c1-17(2)18(3)7-8-19(4)22-9-10-23-21-15-25(30)28(31)16-20(29)11-14-27(28,6)24(21)12-13-26(22,23)5/h7-8,15,17-20,22-25,29-31H,9-14,16H2,1-6H3/b8-7+/t18?,19-,20+,22?,23?,24?,25+,26-,27-,28+/m1/s1. The molecule has 4 aliphatic rings. The summed E-state index contributed by atoms with van der Waals surface area (Å²) in [6.07, 6.45) is 12.1. The summed E-state index contributed by atoms with van der Waals surface area (Å²) >= 11 is 0. The highest BCUT2D eigenvalue weighted by Crippen LogP contribution is 2.67. The number of allylic oxidation sites excluding steroid dienone is 3. The molecule has 31 heavy (non-hydrogen) atoms. The van der Waals surface area contributed by atoms with Crippen molar-refractivity contribution in [2.24, 2.45) is 46.3 Å². The van der Waals surface area contributed by atoms with Crippen LogP contribution < -0.4 is 0 Å². The van der Waals surface area contributed by atoms with E-state index in [-0.39, 0.29) is 10.8 Å². The van der Waals surface area contributed by atoms with E-state index in [2.05, 4.69) is 53.7 Å². The lowest BCUT2D eigenvalue weighted by molar-refractivity contribution is -0.210. The topological polar surface area (TPSA) is 60.7 Å². The summed E-state index contributed by atoms with van der Waals surface area (Å²) in [5.74, 6) is 3.37. The molecule has 0 spiro atoms. The van der Waals surface area contributed by atoms with Crippen LogP contribution in [0.4, 0.5) is 0 Å². The summed E-state index contributed by atoms with van der Waals surface area (Å²) in [4.78, 5) is 0. The molecule has 0 saturated heterocycles. The van der Waals surface area contributed by atoms with Gasteiger partial charge in [-0.15, -0.1) is 0 Å². The van der Waals surface area contributed by atoms with Crippen LogP contribution in [0.1, 0.15) is 86.5 Å². The first kappa shape index (κ1) is 23.5. The minimum absolute atomic E-state index is 0.271. The molecule has 3 nitrogen and oxygen atoms in total. The van der Waals surface area contributed by atoms with Crippen molar-refractivity contribution in [3.05, 3.63) is 23.8 Å². The number of aliphatic hydroxyl groups is 3. The molecule has 4 aliphatic carbocycles. The van der Waals surface area contributed by atoms with Crippen LogP contribution in [0.5, 0.6) is 0 Å². The second-order valence-corrected chi connectivity index (χ2v) is 12.5. The van der Waals surface area contributed by atoms with E-state index in [0.29, 0.717) is 41.9 Å². The van der Waals surface area contributed by atoms with E-state index in [9.17, 15) is 15.3 Å². The zero-order valence-corrected chi connectivity index (χ0v) is 20.6. The van der Waals surface area contributed by atoms with Gasteiger partial charge in [0.1, 0.15) is 11.7 Å². The Hall–Kier alpha value is -0.640. The molecule has 0 heterocycles. The lowest BCUT2D eigenvalue weighted by Gasteiger charge is -2.62. The zero-order chi connectivity index (χ0) is 22.8. The molecule has 0 aromatic rings. The highest BCUT2D eigenvalue weighted by Gasteiger charge is 2.64. The molecule has 176 valence electrons. The van der Waals surface area contributed by atoms with Gasteiger partial charge in [0, 0.05) is 11.8 Å². The highest BCUT2D eigenvalue weighted by atomic mass is 16.3. The molecule has 0 bridgehead atoms. The molecule has 3 heteroatoms. The molecule has 3 saturated carbocycles. The normalized spacial score (nSPS) is 49.4. The molecule has 4 rings (SSSR count). The van der Waals surface area contributed by atoms with Crippen molar-refractivity contribution in [1.82, 2.24) is 0 Å². The molecular weight excluding hydrogens is 384 g/mol. The Bertz CT molecular complexity index is 741. The number of aliphatic hydroxyl groups excluding tert-OH is 2. The maximum atomic E-state index is 11.6. The summed E-state index contributed by atoms with van der Waals surface area (Å²) in [6.45, 7) is 14.0. The van der Waals surface area contributed by atoms with Crippen molar-refractivity contribution in [2.45, 2.75) is 104 Å². The van der Waals surface area contributed by atoms with Crippen molar-refractivity contribution in [1.29, 1.82) is 0 Å². The molecule has 0 aliphatic heterocycles. The Morgan fingerprint density at radius 3 is 2.32 bits per heavy atom. The number of fused-ring (bicyclic) bond motifs is 5. The first-order valence-electron chi connectivity index (χ1n) is 12.9. The minimum atomic E-state index is -1.20. The van der Waals surface area contributed by atoms with Crippen LogP contribution in [0, 0.1) is 46.3 Å². The average molecular weight is 431 g/mol. The molecule has 3 N–H and O–H groups in total. The van der Waals surface area contributed by atoms with E-state index in [1.807, 2.05) is 6.08 Å². The molecule has 0 amide bonds. The van der Waals surface area contributed by atoms with E-state index in [4.69, 9.17) is 0 Å². The van der Waals surface area contributed by atoms with Crippen LogP contribution >= 0.6 is 0 Å². The van der Waals surface area contributed by atoms with Gasteiger partial charge in [0.25, 0.3) is 0 Å². The Balaban J connectivity index is 1.61. The Labute approximate surface area is 190 Å². The van der Waals surface area contributed by atoms with Crippen LogP contribution in [0.2, 0.25) is 0 Å². The lowest BCUT2D eigenvalue weighted by atomic mass is 9.45. The smallest absolute Gasteiger partial charge is 0.102 e. The van der Waals surface area contributed by atoms with E-state index >= 15 is 0 Å². The van der Waals surface area contributed by atoms with Crippen molar-refractivity contribution in [3.8, 4) is 0 Å². The Morgan fingerprint density at radius 1 is 0.935 bits per heavy atom. The molecule has 0 aromatic heterocycles. The third-order valence-corrected chi connectivity index (χ3v) is 10.7. The van der Waals surface area contributed by atoms with Gasteiger partial charge in [-0.3, -0.25) is 0 Å². The first-order chi connectivity index (χ1) is 14.4. The lowest BCUT2D eigenvalue weighted by Crippen LogP contribution is -2.65. The highest BCUT2D eigenvalue weighted by molar-refractivity contribution is 5.33. The van der Waals surface area contributed by atoms with Crippen LogP contribution in [0.15, 0.2) is 23.8 Å². The predicted molar refractivity (Wildman–Crippen MR) is 126 cm³/mol. The molecule has 3 fully saturated rings. The summed E-state index contributed by atoms with van der Waals surface area (Å²) in [5, 5.41) is 32.9. The second kappa shape index (κ2) is 7.99. The molecule has 0 radical (unpaired) electrons. The van der Waals surface area contributed by atoms with Crippen molar-refractivity contribution in [2.75, 3.05) is 0 Å². The van der Waals surface area contributed by atoms with Gasteiger partial charge in [-0.25, -0.2) is 0 Å². The third-order valence-electron chi connectivity index (χ3n) is 10.7. The fraction of sp³-hybridized carbons (Fsp3) is 0.857. The van der Waals surface area contributed by atoms with Gasteiger partial charge in [-0.05, 0) is 79.4 Å².